The van der Waals surface area contributed by atoms with E-state index in [1.165, 1.54) is 0 Å². The van der Waals surface area contributed by atoms with E-state index in [-0.39, 0.29) is 5.91 Å². The first-order valence-electron chi connectivity index (χ1n) is 5.71. The van der Waals surface area contributed by atoms with Crippen molar-refractivity contribution in [2.45, 2.75) is 0 Å². The maximum Gasteiger partial charge on any atom is 0.234 e. The minimum Gasteiger partial charge on any atom is -0.379 e. The number of ether oxygens (including phenoxy) is 1. The van der Waals surface area contributed by atoms with E-state index in [2.05, 4.69) is 22.1 Å². The number of morpholine rings is 1. The van der Waals surface area contributed by atoms with Crippen LogP contribution in [0.15, 0.2) is 12.7 Å². The number of hydrogen-bond acceptors (Lipinski definition) is 4. The van der Waals surface area contributed by atoms with E-state index in [1.54, 1.807) is 6.08 Å². The molecule has 16 heavy (non-hydrogen) atoms. The molecule has 92 valence electrons. The highest BCUT2D eigenvalue weighted by Crippen LogP contribution is 1.94. The summed E-state index contributed by atoms with van der Waals surface area (Å²) in [6.45, 7) is 9.87. The van der Waals surface area contributed by atoms with Gasteiger partial charge in [-0.3, -0.25) is 9.69 Å². The van der Waals surface area contributed by atoms with Crippen LogP contribution < -0.4 is 10.6 Å². The van der Waals surface area contributed by atoms with Gasteiger partial charge in [0.05, 0.1) is 19.8 Å². The number of nitrogens with zero attached hydrogens (tertiary/aromatic N) is 1. The van der Waals surface area contributed by atoms with Gasteiger partial charge in [-0.25, -0.2) is 0 Å². The molecule has 1 rings (SSSR count). The second kappa shape index (κ2) is 8.27. The summed E-state index contributed by atoms with van der Waals surface area (Å²) in [5, 5.41) is 5.83. The number of carbonyl (C=O) groups excluding carboxylic acids is 1. The van der Waals surface area contributed by atoms with E-state index in [9.17, 15) is 4.79 Å². The summed E-state index contributed by atoms with van der Waals surface area (Å²) in [5.41, 5.74) is 0. The van der Waals surface area contributed by atoms with Gasteiger partial charge in [-0.05, 0) is 0 Å². The van der Waals surface area contributed by atoms with Gasteiger partial charge in [-0.15, -0.1) is 6.58 Å². The van der Waals surface area contributed by atoms with Crippen molar-refractivity contribution in [2.75, 3.05) is 52.5 Å². The molecule has 1 heterocycles. The molecule has 5 heteroatoms. The van der Waals surface area contributed by atoms with Crippen LogP contribution in [0.3, 0.4) is 0 Å². The van der Waals surface area contributed by atoms with Gasteiger partial charge < -0.3 is 15.4 Å². The summed E-state index contributed by atoms with van der Waals surface area (Å²) in [4.78, 5) is 13.5. The molecule has 0 radical (unpaired) electrons. The minimum absolute atomic E-state index is 0.0156. The summed E-state index contributed by atoms with van der Waals surface area (Å²) < 4.78 is 5.25. The third kappa shape index (κ3) is 5.85. The molecule has 1 fully saturated rings. The fourth-order valence-corrected chi connectivity index (χ4v) is 1.51. The van der Waals surface area contributed by atoms with Gasteiger partial charge in [0.1, 0.15) is 0 Å². The molecule has 2 N–H and O–H groups in total. The molecular formula is C11H21N3O2. The van der Waals surface area contributed by atoms with Crippen LogP contribution in [0, 0.1) is 0 Å². The number of hydrogen-bond donors (Lipinski definition) is 2. The van der Waals surface area contributed by atoms with Crippen LogP contribution in [0.2, 0.25) is 0 Å². The van der Waals surface area contributed by atoms with Crippen LogP contribution in [0.4, 0.5) is 0 Å². The molecule has 1 saturated heterocycles. The van der Waals surface area contributed by atoms with Crippen molar-refractivity contribution in [3.63, 3.8) is 0 Å². The predicted octanol–water partition coefficient (Wildman–Crippen LogP) is -0.790. The van der Waals surface area contributed by atoms with Crippen molar-refractivity contribution < 1.29 is 9.53 Å². The monoisotopic (exact) mass is 227 g/mol. The smallest absolute Gasteiger partial charge is 0.234 e. The first-order valence-corrected chi connectivity index (χ1v) is 5.71. The topological polar surface area (TPSA) is 53.6 Å². The van der Waals surface area contributed by atoms with Crippen molar-refractivity contribution in [3.05, 3.63) is 12.7 Å². The first kappa shape index (κ1) is 13.2. The normalized spacial score (nSPS) is 17.0. The van der Waals surface area contributed by atoms with Crippen molar-refractivity contribution >= 4 is 5.91 Å². The van der Waals surface area contributed by atoms with Crippen molar-refractivity contribution in [2.24, 2.45) is 0 Å². The molecule has 5 nitrogen and oxygen atoms in total. The molecule has 0 atom stereocenters. The Hall–Kier alpha value is -0.910. The quantitative estimate of drug-likeness (QED) is 0.442. The van der Waals surface area contributed by atoms with E-state index in [0.717, 1.165) is 39.4 Å². The average Bonchev–Trinajstić information content (AvgIpc) is 2.33. The van der Waals surface area contributed by atoms with Crippen LogP contribution in [0.5, 0.6) is 0 Å². The lowest BCUT2D eigenvalue weighted by Gasteiger charge is -2.26. The Balaban J connectivity index is 1.94. The largest absolute Gasteiger partial charge is 0.379 e. The number of amides is 1. The Kier molecular flexibility index (Phi) is 6.80. The van der Waals surface area contributed by atoms with E-state index in [1.807, 2.05) is 0 Å². The van der Waals surface area contributed by atoms with Gasteiger partial charge in [0, 0.05) is 32.7 Å². The maximum atomic E-state index is 11.2. The second-order valence-electron chi connectivity index (χ2n) is 3.72. The van der Waals surface area contributed by atoms with Gasteiger partial charge in [-0.2, -0.15) is 0 Å². The molecule has 0 unspecified atom stereocenters. The Morgan fingerprint density at radius 3 is 2.88 bits per heavy atom. The Bertz CT molecular complexity index is 215. The second-order valence-corrected chi connectivity index (χ2v) is 3.72. The molecule has 0 aromatic heterocycles. The van der Waals surface area contributed by atoms with Crippen LogP contribution in [0.25, 0.3) is 0 Å². The van der Waals surface area contributed by atoms with Crippen LogP contribution >= 0.6 is 0 Å². The van der Waals surface area contributed by atoms with Gasteiger partial charge in [0.15, 0.2) is 0 Å². The van der Waals surface area contributed by atoms with Gasteiger partial charge in [0.2, 0.25) is 5.91 Å². The summed E-state index contributed by atoms with van der Waals surface area (Å²) in [6, 6.07) is 0. The summed E-state index contributed by atoms with van der Waals surface area (Å²) in [5.74, 6) is 0.0156. The molecule has 0 bridgehead atoms. The lowest BCUT2D eigenvalue weighted by atomic mass is 10.4. The predicted molar refractivity (Wildman–Crippen MR) is 63.3 cm³/mol. The minimum atomic E-state index is 0.0156. The molecule has 1 aliphatic rings. The summed E-state index contributed by atoms with van der Waals surface area (Å²) >= 11 is 0. The molecule has 0 aromatic carbocycles. The molecule has 0 aromatic rings. The fourth-order valence-electron chi connectivity index (χ4n) is 1.51. The average molecular weight is 227 g/mol. The molecule has 0 saturated carbocycles. The SMILES string of the molecule is C=CCNC(=O)CNCCN1CCOCC1. The van der Waals surface area contributed by atoms with Crippen LogP contribution in [0.1, 0.15) is 0 Å². The van der Waals surface area contributed by atoms with E-state index in [0.29, 0.717) is 13.1 Å². The molecule has 0 aliphatic carbocycles. The van der Waals surface area contributed by atoms with E-state index < -0.39 is 0 Å². The molecular weight excluding hydrogens is 206 g/mol. The number of nitrogens with one attached hydrogen (secondary N) is 2. The zero-order valence-corrected chi connectivity index (χ0v) is 9.71. The third-order valence-electron chi connectivity index (χ3n) is 2.44. The zero-order valence-electron chi connectivity index (χ0n) is 9.71. The van der Waals surface area contributed by atoms with Crippen molar-refractivity contribution in [3.8, 4) is 0 Å². The first-order chi connectivity index (χ1) is 7.83. The maximum absolute atomic E-state index is 11.2. The fraction of sp³-hybridized carbons (Fsp3) is 0.727. The molecule has 0 spiro atoms. The summed E-state index contributed by atoms with van der Waals surface area (Å²) in [7, 11) is 0. The molecule has 1 amide bonds. The highest BCUT2D eigenvalue weighted by molar-refractivity contribution is 5.78. The highest BCUT2D eigenvalue weighted by Gasteiger charge is 2.09. The Labute approximate surface area is 96.8 Å². The van der Waals surface area contributed by atoms with Gasteiger partial charge >= 0.3 is 0 Å². The lowest BCUT2D eigenvalue weighted by molar-refractivity contribution is -0.120. The third-order valence-corrected chi connectivity index (χ3v) is 2.44. The van der Waals surface area contributed by atoms with Crippen molar-refractivity contribution in [1.82, 2.24) is 15.5 Å². The van der Waals surface area contributed by atoms with E-state index >= 15 is 0 Å². The van der Waals surface area contributed by atoms with Crippen molar-refractivity contribution in [1.29, 1.82) is 0 Å². The van der Waals surface area contributed by atoms with Crippen LogP contribution in [-0.2, 0) is 9.53 Å². The van der Waals surface area contributed by atoms with Crippen LogP contribution in [-0.4, -0.2) is 63.3 Å². The number of rotatable bonds is 7. The highest BCUT2D eigenvalue weighted by atomic mass is 16.5. The zero-order chi connectivity index (χ0) is 11.6. The summed E-state index contributed by atoms with van der Waals surface area (Å²) in [6.07, 6.45) is 1.67. The Morgan fingerprint density at radius 1 is 1.44 bits per heavy atom. The lowest BCUT2D eigenvalue weighted by Crippen LogP contribution is -2.42. The standard InChI is InChI=1S/C11H21N3O2/c1-2-3-13-11(15)10-12-4-5-14-6-8-16-9-7-14/h2,12H,1,3-10H2,(H,13,15). The number of carbonyl (C=O) groups is 1. The molecule has 1 aliphatic heterocycles. The Morgan fingerprint density at radius 2 is 2.19 bits per heavy atom. The van der Waals surface area contributed by atoms with Gasteiger partial charge in [0.25, 0.3) is 0 Å². The van der Waals surface area contributed by atoms with E-state index in [4.69, 9.17) is 4.74 Å². The van der Waals surface area contributed by atoms with Gasteiger partial charge in [-0.1, -0.05) is 6.08 Å².